The number of fused-ring (bicyclic) bond motifs is 1. The monoisotopic (exact) mass is 464 g/mol. The first kappa shape index (κ1) is 29.1. The van der Waals surface area contributed by atoms with Gasteiger partial charge in [0.2, 0.25) is 0 Å². The van der Waals surface area contributed by atoms with E-state index in [9.17, 15) is 9.59 Å². The number of ketones is 1. The molecule has 0 aliphatic heterocycles. The van der Waals surface area contributed by atoms with Gasteiger partial charge in [-0.2, -0.15) is 19.8 Å². The van der Waals surface area contributed by atoms with Crippen LogP contribution >= 0.6 is 0 Å². The molecule has 3 aromatic heterocycles. The molecule has 3 aromatic rings. The van der Waals surface area contributed by atoms with E-state index in [0.29, 0.717) is 17.9 Å². The van der Waals surface area contributed by atoms with Gasteiger partial charge in [-0.25, -0.2) is 14.3 Å². The van der Waals surface area contributed by atoms with Gasteiger partial charge in [0.1, 0.15) is 17.2 Å². The fraction of sp³-hybridized carbons (Fsp3) is 0.400. The van der Waals surface area contributed by atoms with Crippen LogP contribution in [0, 0.1) is 6.92 Å². The first-order valence-electron chi connectivity index (χ1n) is 9.51. The second-order valence-corrected chi connectivity index (χ2v) is 6.24. The number of aromatic carboxylic acids is 1. The summed E-state index contributed by atoms with van der Waals surface area (Å²) in [7, 11) is 3.02. The van der Waals surface area contributed by atoms with Crippen molar-refractivity contribution in [1.29, 1.82) is 0 Å². The average molecular weight is 464 g/mol. The highest BCUT2D eigenvalue weighted by Gasteiger charge is 2.12. The van der Waals surface area contributed by atoms with Crippen molar-refractivity contribution >= 4 is 29.4 Å². The van der Waals surface area contributed by atoms with Crippen LogP contribution in [0.15, 0.2) is 24.7 Å². The molecule has 0 saturated heterocycles. The van der Waals surface area contributed by atoms with Crippen LogP contribution < -0.4 is 5.73 Å². The molecule has 33 heavy (non-hydrogen) atoms. The SMILES string of the molecule is CCc1cn[nH]c1N.COC(CC(C)=O)OC.Cc1ccnc2c(C(=O)O)cnn12.O=C=O. The van der Waals surface area contributed by atoms with Gasteiger partial charge in [-0.15, -0.1) is 0 Å². The summed E-state index contributed by atoms with van der Waals surface area (Å²) in [6.45, 7) is 5.39. The number of carbonyl (C=O) groups excluding carboxylic acids is 3. The topological polar surface area (TPSA) is 192 Å². The van der Waals surface area contributed by atoms with Crippen LogP contribution in [0.5, 0.6) is 0 Å². The van der Waals surface area contributed by atoms with Gasteiger partial charge in [0.15, 0.2) is 11.9 Å². The number of hydrogen-bond donors (Lipinski definition) is 3. The number of aryl methyl sites for hydroxylation is 2. The van der Waals surface area contributed by atoms with Crippen LogP contribution in [-0.2, 0) is 30.3 Å². The van der Waals surface area contributed by atoms with Crippen LogP contribution in [0.3, 0.4) is 0 Å². The number of H-pyrrole nitrogens is 1. The molecule has 0 atom stereocenters. The highest BCUT2D eigenvalue weighted by molar-refractivity contribution is 5.94. The Morgan fingerprint density at radius 1 is 1.27 bits per heavy atom. The lowest BCUT2D eigenvalue weighted by molar-refractivity contribution is -0.191. The van der Waals surface area contributed by atoms with Crippen LogP contribution in [0.2, 0.25) is 0 Å². The summed E-state index contributed by atoms with van der Waals surface area (Å²) in [5.74, 6) is -0.246. The Morgan fingerprint density at radius 2 is 1.88 bits per heavy atom. The maximum absolute atomic E-state index is 10.7. The normalized spacial score (nSPS) is 9.52. The standard InChI is InChI=1S/C8H7N3O2.C6H12O3.C5H9N3.CO2/c1-5-2-3-9-7-6(8(12)13)4-10-11(5)7;1-5(7)4-6(8-2)9-3;1-2-4-3-7-8-5(4)6;2-1-3/h2-4H,1H3,(H,12,13);6H,4H2,1-3H3;3H,2H2,1H3,(H3,6,7,8);. The van der Waals surface area contributed by atoms with Gasteiger partial charge in [0.25, 0.3) is 0 Å². The van der Waals surface area contributed by atoms with E-state index in [1.807, 2.05) is 13.8 Å². The van der Waals surface area contributed by atoms with Gasteiger partial charge in [-0.3, -0.25) is 9.89 Å². The second kappa shape index (κ2) is 15.8. The maximum atomic E-state index is 10.7. The Balaban J connectivity index is 0.000000454. The minimum absolute atomic E-state index is 0.0729. The molecule has 3 rings (SSSR count). The van der Waals surface area contributed by atoms with Crippen molar-refractivity contribution in [2.45, 2.75) is 39.9 Å². The minimum Gasteiger partial charge on any atom is -0.477 e. The van der Waals surface area contributed by atoms with Crippen molar-refractivity contribution in [3.05, 3.63) is 41.5 Å². The van der Waals surface area contributed by atoms with Gasteiger partial charge < -0.3 is 20.3 Å². The molecule has 0 fully saturated rings. The first-order chi connectivity index (χ1) is 15.7. The number of hydrogen-bond acceptors (Lipinski definition) is 10. The van der Waals surface area contributed by atoms with E-state index in [1.54, 1.807) is 18.5 Å². The van der Waals surface area contributed by atoms with Crippen LogP contribution in [0.25, 0.3) is 5.65 Å². The molecule has 0 saturated carbocycles. The summed E-state index contributed by atoms with van der Waals surface area (Å²) in [6.07, 6.45) is 5.77. The molecule has 0 aliphatic rings. The molecule has 13 nitrogen and oxygen atoms in total. The van der Waals surface area contributed by atoms with Crippen molar-refractivity contribution in [2.24, 2.45) is 0 Å². The number of nitrogens with zero attached hydrogens (tertiary/aromatic N) is 4. The number of ether oxygens (including phenoxy) is 2. The summed E-state index contributed by atoms with van der Waals surface area (Å²) in [6, 6.07) is 1.77. The lowest BCUT2D eigenvalue weighted by Gasteiger charge is -2.09. The van der Waals surface area contributed by atoms with Gasteiger partial charge in [-0.05, 0) is 26.3 Å². The number of nitrogens with two attached hydrogens (primary N) is 1. The molecule has 0 unspecified atom stereocenters. The Hall–Kier alpha value is -3.93. The molecular formula is C20H28N6O7. The largest absolute Gasteiger partial charge is 0.477 e. The van der Waals surface area contributed by atoms with E-state index in [-0.39, 0.29) is 23.8 Å². The Morgan fingerprint density at radius 3 is 2.24 bits per heavy atom. The molecule has 0 aromatic carbocycles. The van der Waals surface area contributed by atoms with Gasteiger partial charge in [0.05, 0.1) is 18.8 Å². The molecule has 0 spiro atoms. The third-order valence-electron chi connectivity index (χ3n) is 3.93. The average Bonchev–Trinajstić information content (AvgIpc) is 3.40. The van der Waals surface area contributed by atoms with E-state index >= 15 is 0 Å². The number of aromatic nitrogens is 5. The van der Waals surface area contributed by atoms with Crippen molar-refractivity contribution in [2.75, 3.05) is 20.0 Å². The molecule has 180 valence electrons. The molecular weight excluding hydrogens is 436 g/mol. The third-order valence-corrected chi connectivity index (χ3v) is 3.93. The highest BCUT2D eigenvalue weighted by Crippen LogP contribution is 2.08. The first-order valence-corrected chi connectivity index (χ1v) is 9.51. The van der Waals surface area contributed by atoms with E-state index in [1.165, 1.54) is 31.9 Å². The van der Waals surface area contributed by atoms with E-state index in [2.05, 4.69) is 20.3 Å². The van der Waals surface area contributed by atoms with Crippen LogP contribution in [0.1, 0.15) is 41.9 Å². The lowest BCUT2D eigenvalue weighted by Crippen LogP contribution is -2.16. The molecule has 0 bridgehead atoms. The smallest absolute Gasteiger partial charge is 0.373 e. The zero-order valence-electron chi connectivity index (χ0n) is 19.1. The van der Waals surface area contributed by atoms with Crippen molar-refractivity contribution in [3.63, 3.8) is 0 Å². The number of aromatic amines is 1. The van der Waals surface area contributed by atoms with Gasteiger partial charge >= 0.3 is 12.1 Å². The predicted molar refractivity (Wildman–Crippen MR) is 115 cm³/mol. The molecule has 0 aliphatic carbocycles. The van der Waals surface area contributed by atoms with Gasteiger partial charge in [0, 0.05) is 31.7 Å². The minimum atomic E-state index is -1.01. The molecule has 0 radical (unpaired) electrons. The molecule has 0 amide bonds. The number of carboxylic acids is 1. The number of nitrogen functional groups attached to an aromatic ring is 1. The van der Waals surface area contributed by atoms with E-state index in [0.717, 1.165) is 17.7 Å². The lowest BCUT2D eigenvalue weighted by atomic mass is 10.3. The Kier molecular flexibility index (Phi) is 13.9. The third kappa shape index (κ3) is 10.3. The zero-order valence-corrected chi connectivity index (χ0v) is 19.1. The Bertz CT molecular complexity index is 1040. The summed E-state index contributed by atoms with van der Waals surface area (Å²) in [4.78, 5) is 41.3. The number of carboxylic acid groups (broad SMARTS) is 1. The van der Waals surface area contributed by atoms with E-state index < -0.39 is 5.97 Å². The van der Waals surface area contributed by atoms with Crippen molar-refractivity contribution in [3.8, 4) is 0 Å². The Labute approximate surface area is 189 Å². The number of rotatable bonds is 6. The number of anilines is 1. The fourth-order valence-electron chi connectivity index (χ4n) is 2.26. The number of carbonyl (C=O) groups is 2. The number of Topliss-reactive ketones (excluding diaryl/α,β-unsaturated/α-hetero) is 1. The number of nitrogens with one attached hydrogen (secondary N) is 1. The van der Waals surface area contributed by atoms with Crippen LogP contribution in [0.4, 0.5) is 5.82 Å². The molecule has 4 N–H and O–H groups in total. The second-order valence-electron chi connectivity index (χ2n) is 6.24. The van der Waals surface area contributed by atoms with Gasteiger partial charge in [-0.1, -0.05) is 6.92 Å². The van der Waals surface area contributed by atoms with Crippen LogP contribution in [-0.4, -0.2) is 68.3 Å². The predicted octanol–water partition coefficient (Wildman–Crippen LogP) is 1.29. The summed E-state index contributed by atoms with van der Waals surface area (Å²) >= 11 is 0. The zero-order chi connectivity index (χ0) is 25.4. The summed E-state index contributed by atoms with van der Waals surface area (Å²) in [5, 5.41) is 19.1. The molecule has 13 heteroatoms. The maximum Gasteiger partial charge on any atom is 0.373 e. The van der Waals surface area contributed by atoms with Crippen molar-refractivity contribution in [1.82, 2.24) is 24.8 Å². The molecule has 3 heterocycles. The quantitative estimate of drug-likeness (QED) is 0.445. The summed E-state index contributed by atoms with van der Waals surface area (Å²) in [5.41, 5.74) is 7.89. The van der Waals surface area contributed by atoms with E-state index in [4.69, 9.17) is 29.9 Å². The van der Waals surface area contributed by atoms with Crippen molar-refractivity contribution < 1.29 is 33.8 Å². The number of methoxy groups -OCH3 is 2. The highest BCUT2D eigenvalue weighted by atomic mass is 16.7. The fourth-order valence-corrected chi connectivity index (χ4v) is 2.26. The summed E-state index contributed by atoms with van der Waals surface area (Å²) < 4.78 is 11.0.